The van der Waals surface area contributed by atoms with Crippen LogP contribution in [0.1, 0.15) is 38.2 Å². The Kier molecular flexibility index (Phi) is 4.86. The molecule has 0 unspecified atom stereocenters. The summed E-state index contributed by atoms with van der Waals surface area (Å²) in [5, 5.41) is 0. The van der Waals surface area contributed by atoms with E-state index in [4.69, 9.17) is 0 Å². The average molecular weight is 323 g/mol. The van der Waals surface area contributed by atoms with Gasteiger partial charge < -0.3 is 4.74 Å². The molecule has 1 aromatic carbocycles. The van der Waals surface area contributed by atoms with E-state index in [0.29, 0.717) is 5.41 Å². The van der Waals surface area contributed by atoms with Gasteiger partial charge in [-0.1, -0.05) is 46.6 Å². The van der Waals surface area contributed by atoms with Gasteiger partial charge in [0.25, 0.3) is 0 Å². The molecular formula is C17H23BrO. The summed E-state index contributed by atoms with van der Waals surface area (Å²) >= 11 is 3.58. The zero-order chi connectivity index (χ0) is 13.9. The first kappa shape index (κ1) is 14.8. The van der Waals surface area contributed by atoms with Gasteiger partial charge in [0.05, 0.1) is 0 Å². The molecular weight excluding hydrogens is 300 g/mol. The molecule has 2 fully saturated rings. The maximum absolute atomic E-state index is 4.25. The highest BCUT2D eigenvalue weighted by Gasteiger charge is 2.42. The van der Waals surface area contributed by atoms with Crippen molar-refractivity contribution in [1.82, 2.24) is 0 Å². The summed E-state index contributed by atoms with van der Waals surface area (Å²) in [6.07, 6.45) is 7.89. The molecule has 0 spiro atoms. The van der Waals surface area contributed by atoms with Gasteiger partial charge in [-0.15, -0.1) is 0 Å². The number of rotatable bonds is 2. The number of benzene rings is 1. The van der Waals surface area contributed by atoms with Crippen molar-refractivity contribution in [1.29, 1.82) is 0 Å². The summed E-state index contributed by atoms with van der Waals surface area (Å²) in [4.78, 5) is 0. The third-order valence-corrected chi connectivity index (χ3v) is 4.34. The van der Waals surface area contributed by atoms with Crippen molar-refractivity contribution in [3.8, 4) is 0 Å². The van der Waals surface area contributed by atoms with Gasteiger partial charge in [-0.05, 0) is 49.3 Å². The van der Waals surface area contributed by atoms with Crippen molar-refractivity contribution in [3.05, 3.63) is 46.0 Å². The minimum Gasteiger partial charge on any atom is -0.388 e. The van der Waals surface area contributed by atoms with Crippen molar-refractivity contribution >= 4 is 15.9 Å². The Bertz CT molecular complexity index is 452. The van der Waals surface area contributed by atoms with Crippen molar-refractivity contribution in [2.24, 2.45) is 5.92 Å². The molecule has 1 nitrogen and oxygen atoms in total. The molecule has 2 heteroatoms. The molecule has 0 bridgehead atoms. The fourth-order valence-corrected chi connectivity index (χ4v) is 3.43. The second kappa shape index (κ2) is 6.23. The maximum atomic E-state index is 4.25. The molecule has 0 N–H and O–H groups in total. The van der Waals surface area contributed by atoms with E-state index in [1.54, 1.807) is 19.8 Å². The van der Waals surface area contributed by atoms with Gasteiger partial charge >= 0.3 is 0 Å². The van der Waals surface area contributed by atoms with Gasteiger partial charge in [0, 0.05) is 24.1 Å². The topological polar surface area (TPSA) is 9.23 Å². The van der Waals surface area contributed by atoms with E-state index < -0.39 is 0 Å². The van der Waals surface area contributed by atoms with Crippen LogP contribution in [-0.2, 0) is 10.2 Å². The summed E-state index contributed by atoms with van der Waals surface area (Å²) < 4.78 is 5.46. The average Bonchev–Trinajstić information content (AvgIpc) is 3.11. The standard InChI is InChI=1S/C15H17Br.C2H6O/c1-11-8-15(9-11,10-12-5-6-12)13-3-2-4-14(16)7-13;1-3-2/h2-4,7,10-11H,5-6,8-9H2,1H3;1-2H3. The van der Waals surface area contributed by atoms with E-state index in [2.05, 4.69) is 57.9 Å². The van der Waals surface area contributed by atoms with Gasteiger partial charge in [-0.25, -0.2) is 0 Å². The zero-order valence-electron chi connectivity index (χ0n) is 12.1. The lowest BCUT2D eigenvalue weighted by atomic mass is 9.59. The van der Waals surface area contributed by atoms with Gasteiger partial charge in [-0.2, -0.15) is 0 Å². The second-order valence-corrected chi connectivity index (χ2v) is 6.81. The van der Waals surface area contributed by atoms with Crippen LogP contribution in [0.3, 0.4) is 0 Å². The van der Waals surface area contributed by atoms with E-state index in [0.717, 1.165) is 5.92 Å². The lowest BCUT2D eigenvalue weighted by Gasteiger charge is -2.45. The quantitative estimate of drug-likeness (QED) is 0.688. The molecule has 0 heterocycles. The molecule has 0 aromatic heterocycles. The Balaban J connectivity index is 0.000000408. The lowest BCUT2D eigenvalue weighted by Crippen LogP contribution is -2.38. The number of halogens is 1. The van der Waals surface area contributed by atoms with Crippen LogP contribution >= 0.6 is 15.9 Å². The molecule has 3 rings (SSSR count). The third kappa shape index (κ3) is 3.70. The maximum Gasteiger partial charge on any atom is 0.0351 e. The number of methoxy groups -OCH3 is 1. The molecule has 0 radical (unpaired) electrons. The Hall–Kier alpha value is -0.600. The molecule has 0 amide bonds. The van der Waals surface area contributed by atoms with Crippen molar-refractivity contribution < 1.29 is 4.74 Å². The second-order valence-electron chi connectivity index (χ2n) is 5.89. The van der Waals surface area contributed by atoms with Gasteiger partial charge in [0.2, 0.25) is 0 Å². The van der Waals surface area contributed by atoms with Crippen LogP contribution in [0.15, 0.2) is 40.4 Å². The summed E-state index contributed by atoms with van der Waals surface area (Å²) in [6, 6.07) is 8.86. The van der Waals surface area contributed by atoms with Crippen molar-refractivity contribution in [2.75, 3.05) is 14.2 Å². The zero-order valence-corrected chi connectivity index (χ0v) is 13.7. The molecule has 104 valence electrons. The molecule has 1 aromatic rings. The van der Waals surface area contributed by atoms with Crippen molar-refractivity contribution in [3.63, 3.8) is 0 Å². The molecule has 2 saturated carbocycles. The largest absolute Gasteiger partial charge is 0.388 e. The van der Waals surface area contributed by atoms with E-state index in [1.807, 2.05) is 0 Å². The van der Waals surface area contributed by atoms with Crippen LogP contribution in [0, 0.1) is 5.92 Å². The van der Waals surface area contributed by atoms with Crippen molar-refractivity contribution in [2.45, 2.75) is 38.0 Å². The third-order valence-electron chi connectivity index (χ3n) is 3.84. The Morgan fingerprint density at radius 1 is 1.26 bits per heavy atom. The number of allylic oxidation sites excluding steroid dienone is 2. The van der Waals surface area contributed by atoms with Crippen LogP contribution in [0.4, 0.5) is 0 Å². The highest BCUT2D eigenvalue weighted by atomic mass is 79.9. The highest BCUT2D eigenvalue weighted by Crippen LogP contribution is 2.51. The highest BCUT2D eigenvalue weighted by molar-refractivity contribution is 9.10. The fourth-order valence-electron chi connectivity index (χ4n) is 3.03. The summed E-state index contributed by atoms with van der Waals surface area (Å²) in [5.41, 5.74) is 3.54. The lowest BCUT2D eigenvalue weighted by molar-refractivity contribution is 0.208. The molecule has 19 heavy (non-hydrogen) atoms. The first-order valence-corrected chi connectivity index (χ1v) is 7.76. The van der Waals surface area contributed by atoms with Crippen LogP contribution in [0.2, 0.25) is 0 Å². The first-order chi connectivity index (χ1) is 9.09. The minimum absolute atomic E-state index is 0.370. The molecule has 2 aliphatic rings. The van der Waals surface area contributed by atoms with Gasteiger partial charge in [0.1, 0.15) is 0 Å². The molecule has 0 atom stereocenters. The number of hydrogen-bond acceptors (Lipinski definition) is 1. The van der Waals surface area contributed by atoms with E-state index in [-0.39, 0.29) is 0 Å². The van der Waals surface area contributed by atoms with E-state index in [9.17, 15) is 0 Å². The predicted octanol–water partition coefficient (Wildman–Crippen LogP) is 5.10. The van der Waals surface area contributed by atoms with Crippen LogP contribution in [-0.4, -0.2) is 14.2 Å². The van der Waals surface area contributed by atoms with E-state index in [1.165, 1.54) is 35.7 Å². The van der Waals surface area contributed by atoms with Crippen LogP contribution in [0.25, 0.3) is 0 Å². The smallest absolute Gasteiger partial charge is 0.0351 e. The number of ether oxygens (including phenoxy) is 1. The Morgan fingerprint density at radius 2 is 1.89 bits per heavy atom. The molecule has 0 aliphatic heterocycles. The minimum atomic E-state index is 0.370. The monoisotopic (exact) mass is 322 g/mol. The summed E-state index contributed by atoms with van der Waals surface area (Å²) in [5.74, 6) is 0.884. The Labute approximate surface area is 125 Å². The fraction of sp³-hybridized carbons (Fsp3) is 0.529. The number of hydrogen-bond donors (Lipinski definition) is 0. The van der Waals surface area contributed by atoms with E-state index >= 15 is 0 Å². The predicted molar refractivity (Wildman–Crippen MR) is 84.5 cm³/mol. The van der Waals surface area contributed by atoms with Crippen LogP contribution < -0.4 is 0 Å². The SMILES string of the molecule is CC1CC(C=C2CC2)(c2cccc(Br)c2)C1.COC. The van der Waals surface area contributed by atoms with Crippen LogP contribution in [0.5, 0.6) is 0 Å². The summed E-state index contributed by atoms with van der Waals surface area (Å²) in [6.45, 7) is 2.36. The molecule has 0 saturated heterocycles. The normalized spacial score (nSPS) is 28.0. The van der Waals surface area contributed by atoms with Gasteiger partial charge in [-0.3, -0.25) is 0 Å². The van der Waals surface area contributed by atoms with Gasteiger partial charge in [0.15, 0.2) is 0 Å². The molecule has 2 aliphatic carbocycles. The summed E-state index contributed by atoms with van der Waals surface area (Å²) in [7, 11) is 3.25. The first-order valence-electron chi connectivity index (χ1n) is 6.96. The Morgan fingerprint density at radius 3 is 2.37 bits per heavy atom.